The van der Waals surface area contributed by atoms with Crippen molar-refractivity contribution in [3.63, 3.8) is 0 Å². The highest BCUT2D eigenvalue weighted by atomic mass is 16.5. The monoisotopic (exact) mass is 245 g/mol. The van der Waals surface area contributed by atoms with Crippen molar-refractivity contribution in [3.8, 4) is 0 Å². The predicted octanol–water partition coefficient (Wildman–Crippen LogP) is -1.20. The maximum Gasteiger partial charge on any atom is 0.245 e. The molecule has 0 bridgehead atoms. The van der Waals surface area contributed by atoms with Crippen molar-refractivity contribution in [2.45, 2.75) is 6.42 Å². The lowest BCUT2D eigenvalue weighted by atomic mass is 10.3. The highest BCUT2D eigenvalue weighted by molar-refractivity contribution is 5.77. The van der Waals surface area contributed by atoms with E-state index in [2.05, 4.69) is 10.2 Å². The molecule has 1 heterocycles. The molecule has 1 aliphatic heterocycles. The van der Waals surface area contributed by atoms with Crippen molar-refractivity contribution in [3.05, 3.63) is 0 Å². The van der Waals surface area contributed by atoms with Gasteiger partial charge in [0, 0.05) is 26.2 Å². The molecule has 0 radical (unpaired) electrons. The molecule has 0 spiro atoms. The van der Waals surface area contributed by atoms with Crippen LogP contribution in [0.3, 0.4) is 0 Å². The minimum atomic E-state index is -0.0690. The number of rotatable bonds is 8. The molecular weight excluding hydrogens is 222 g/mol. The normalized spacial score (nSPS) is 17.0. The summed E-state index contributed by atoms with van der Waals surface area (Å²) < 4.78 is 10.3. The van der Waals surface area contributed by atoms with E-state index in [1.165, 1.54) is 0 Å². The molecule has 0 unspecified atom stereocenters. The molecule has 6 heteroatoms. The number of amides is 1. The van der Waals surface area contributed by atoms with Crippen LogP contribution in [0, 0.1) is 0 Å². The maximum atomic E-state index is 11.3. The zero-order valence-electron chi connectivity index (χ0n) is 10.3. The second kappa shape index (κ2) is 9.35. The van der Waals surface area contributed by atoms with E-state index in [9.17, 15) is 4.79 Å². The summed E-state index contributed by atoms with van der Waals surface area (Å²) in [5, 5.41) is 2.82. The molecule has 1 rings (SSSR count). The second-order valence-corrected chi connectivity index (χ2v) is 4.00. The number of morpholine rings is 1. The molecule has 1 fully saturated rings. The third kappa shape index (κ3) is 7.27. The largest absolute Gasteiger partial charge is 0.379 e. The highest BCUT2D eigenvalue weighted by Gasteiger charge is 2.09. The van der Waals surface area contributed by atoms with Gasteiger partial charge in [0.2, 0.25) is 5.91 Å². The van der Waals surface area contributed by atoms with Gasteiger partial charge in [0.1, 0.15) is 6.61 Å². The minimum absolute atomic E-state index is 0.0690. The first kappa shape index (κ1) is 14.4. The summed E-state index contributed by atoms with van der Waals surface area (Å²) in [7, 11) is 0. The Kier molecular flexibility index (Phi) is 7.91. The summed E-state index contributed by atoms with van der Waals surface area (Å²) in [6.45, 7) is 6.31. The van der Waals surface area contributed by atoms with Gasteiger partial charge in [-0.1, -0.05) is 0 Å². The van der Waals surface area contributed by atoms with Gasteiger partial charge in [-0.25, -0.2) is 0 Å². The summed E-state index contributed by atoms with van der Waals surface area (Å²) in [5.74, 6) is -0.0690. The summed E-state index contributed by atoms with van der Waals surface area (Å²) in [4.78, 5) is 13.6. The van der Waals surface area contributed by atoms with Crippen LogP contribution < -0.4 is 11.1 Å². The van der Waals surface area contributed by atoms with Crippen LogP contribution in [0.15, 0.2) is 0 Å². The fraction of sp³-hybridized carbons (Fsp3) is 0.909. The average molecular weight is 245 g/mol. The Bertz CT molecular complexity index is 208. The van der Waals surface area contributed by atoms with Crippen molar-refractivity contribution in [1.82, 2.24) is 10.2 Å². The number of nitrogens with zero attached hydrogens (tertiary/aromatic N) is 1. The van der Waals surface area contributed by atoms with E-state index in [1.54, 1.807) is 0 Å². The fourth-order valence-corrected chi connectivity index (χ4v) is 1.65. The molecule has 0 aromatic heterocycles. The number of nitrogens with two attached hydrogens (primary N) is 1. The number of hydrogen-bond acceptors (Lipinski definition) is 5. The molecule has 1 saturated heterocycles. The van der Waals surface area contributed by atoms with E-state index in [1.807, 2.05) is 0 Å². The zero-order chi connectivity index (χ0) is 12.3. The highest BCUT2D eigenvalue weighted by Crippen LogP contribution is 1.97. The Hall–Kier alpha value is -0.690. The lowest BCUT2D eigenvalue weighted by molar-refractivity contribution is -0.125. The van der Waals surface area contributed by atoms with Crippen LogP contribution in [0.2, 0.25) is 0 Å². The number of nitrogens with one attached hydrogen (secondary N) is 1. The third-order valence-corrected chi connectivity index (χ3v) is 2.57. The van der Waals surface area contributed by atoms with E-state index < -0.39 is 0 Å². The Labute approximate surface area is 102 Å². The van der Waals surface area contributed by atoms with Crippen LogP contribution in [-0.4, -0.2) is 70.0 Å². The number of carbonyl (C=O) groups excluding carboxylic acids is 1. The molecule has 0 aromatic rings. The molecule has 1 amide bonds. The van der Waals surface area contributed by atoms with Gasteiger partial charge >= 0.3 is 0 Å². The molecule has 100 valence electrons. The Morgan fingerprint density at radius 3 is 2.88 bits per heavy atom. The average Bonchev–Trinajstić information content (AvgIpc) is 2.36. The van der Waals surface area contributed by atoms with E-state index in [-0.39, 0.29) is 12.5 Å². The van der Waals surface area contributed by atoms with E-state index in [4.69, 9.17) is 15.2 Å². The molecule has 0 saturated carbocycles. The number of ether oxygens (including phenoxy) is 2. The molecule has 1 aliphatic rings. The van der Waals surface area contributed by atoms with Gasteiger partial charge in [-0.2, -0.15) is 0 Å². The summed E-state index contributed by atoms with van der Waals surface area (Å²) in [6, 6.07) is 0. The Morgan fingerprint density at radius 1 is 1.41 bits per heavy atom. The topological polar surface area (TPSA) is 76.8 Å². The van der Waals surface area contributed by atoms with Gasteiger partial charge < -0.3 is 20.5 Å². The first-order chi connectivity index (χ1) is 8.33. The van der Waals surface area contributed by atoms with Crippen LogP contribution in [0.25, 0.3) is 0 Å². The molecule has 0 atom stereocenters. The van der Waals surface area contributed by atoms with Gasteiger partial charge in [0.25, 0.3) is 0 Å². The van der Waals surface area contributed by atoms with E-state index in [0.29, 0.717) is 19.7 Å². The second-order valence-electron chi connectivity index (χ2n) is 4.00. The van der Waals surface area contributed by atoms with Crippen LogP contribution in [0.4, 0.5) is 0 Å². The van der Waals surface area contributed by atoms with Crippen LogP contribution in [0.1, 0.15) is 6.42 Å². The molecule has 3 N–H and O–H groups in total. The molecule has 0 aromatic carbocycles. The van der Waals surface area contributed by atoms with Crippen LogP contribution in [-0.2, 0) is 14.3 Å². The molecule has 17 heavy (non-hydrogen) atoms. The van der Waals surface area contributed by atoms with Crippen molar-refractivity contribution in [1.29, 1.82) is 0 Å². The number of carbonyl (C=O) groups is 1. The zero-order valence-corrected chi connectivity index (χ0v) is 10.3. The standard InChI is InChI=1S/C11H23N3O3/c12-2-7-17-10-11(15)13-3-1-4-14-5-8-16-9-6-14/h1-10,12H2,(H,13,15). The molecule has 0 aliphatic carbocycles. The minimum Gasteiger partial charge on any atom is -0.379 e. The first-order valence-corrected chi connectivity index (χ1v) is 6.17. The lowest BCUT2D eigenvalue weighted by Gasteiger charge is -2.26. The van der Waals surface area contributed by atoms with E-state index in [0.717, 1.165) is 39.3 Å². The predicted molar refractivity (Wildman–Crippen MR) is 64.8 cm³/mol. The van der Waals surface area contributed by atoms with Crippen molar-refractivity contribution in [2.75, 3.05) is 59.2 Å². The maximum absolute atomic E-state index is 11.3. The van der Waals surface area contributed by atoms with Crippen LogP contribution in [0.5, 0.6) is 0 Å². The molecule has 6 nitrogen and oxygen atoms in total. The summed E-state index contributed by atoms with van der Waals surface area (Å²) >= 11 is 0. The number of hydrogen-bond donors (Lipinski definition) is 2. The summed E-state index contributed by atoms with van der Waals surface area (Å²) in [6.07, 6.45) is 0.961. The van der Waals surface area contributed by atoms with Gasteiger partial charge in [-0.15, -0.1) is 0 Å². The third-order valence-electron chi connectivity index (χ3n) is 2.57. The smallest absolute Gasteiger partial charge is 0.245 e. The van der Waals surface area contributed by atoms with Crippen LogP contribution >= 0.6 is 0 Å². The fourth-order valence-electron chi connectivity index (χ4n) is 1.65. The SMILES string of the molecule is NCCOCC(=O)NCCCN1CCOCC1. The van der Waals surface area contributed by atoms with Gasteiger partial charge in [0.05, 0.1) is 19.8 Å². The van der Waals surface area contributed by atoms with Gasteiger partial charge in [-0.3, -0.25) is 9.69 Å². The molecular formula is C11H23N3O3. The van der Waals surface area contributed by atoms with E-state index >= 15 is 0 Å². The van der Waals surface area contributed by atoms with Crippen molar-refractivity contribution in [2.24, 2.45) is 5.73 Å². The Balaban J connectivity index is 1.90. The quantitative estimate of drug-likeness (QED) is 0.525. The van der Waals surface area contributed by atoms with Gasteiger partial charge in [0.15, 0.2) is 0 Å². The van der Waals surface area contributed by atoms with Crippen molar-refractivity contribution < 1.29 is 14.3 Å². The lowest BCUT2D eigenvalue weighted by Crippen LogP contribution is -2.38. The first-order valence-electron chi connectivity index (χ1n) is 6.17. The van der Waals surface area contributed by atoms with Gasteiger partial charge in [-0.05, 0) is 13.0 Å². The summed E-state index contributed by atoms with van der Waals surface area (Å²) in [5.41, 5.74) is 5.25. The van der Waals surface area contributed by atoms with Crippen molar-refractivity contribution >= 4 is 5.91 Å². The Morgan fingerprint density at radius 2 is 2.18 bits per heavy atom.